The van der Waals surface area contributed by atoms with Gasteiger partial charge in [-0.15, -0.1) is 0 Å². The van der Waals surface area contributed by atoms with Crippen molar-refractivity contribution in [2.24, 2.45) is 0 Å². The summed E-state index contributed by atoms with van der Waals surface area (Å²) in [6.07, 6.45) is 11.9. The molecule has 1 aromatic heterocycles. The van der Waals surface area contributed by atoms with Gasteiger partial charge in [0.2, 0.25) is 5.95 Å². The molecular formula is C12H21N3. The van der Waals surface area contributed by atoms with Gasteiger partial charge in [0.15, 0.2) is 0 Å². The Labute approximate surface area is 91.9 Å². The molecule has 3 heteroatoms. The van der Waals surface area contributed by atoms with E-state index in [-0.39, 0.29) is 0 Å². The van der Waals surface area contributed by atoms with Crippen LogP contribution in [0.1, 0.15) is 45.4 Å². The van der Waals surface area contributed by atoms with Crippen LogP contribution in [0.4, 0.5) is 5.95 Å². The van der Waals surface area contributed by atoms with E-state index >= 15 is 0 Å². The van der Waals surface area contributed by atoms with Gasteiger partial charge in [-0.1, -0.05) is 26.2 Å². The summed E-state index contributed by atoms with van der Waals surface area (Å²) >= 11 is 0. The molecular weight excluding hydrogens is 186 g/mol. The molecule has 1 N–H and O–H groups in total. The average molecular weight is 207 g/mol. The largest absolute Gasteiger partial charge is 0.353 e. The molecule has 84 valence electrons. The highest BCUT2D eigenvalue weighted by molar-refractivity contribution is 5.27. The lowest BCUT2D eigenvalue weighted by Gasteiger charge is -2.23. The maximum Gasteiger partial charge on any atom is 0.202 e. The highest BCUT2D eigenvalue weighted by Crippen LogP contribution is 2.20. The molecule has 1 aliphatic carbocycles. The lowest BCUT2D eigenvalue weighted by Crippen LogP contribution is -2.24. The van der Waals surface area contributed by atoms with Crippen LogP contribution in [0.15, 0.2) is 12.4 Å². The first-order valence-electron chi connectivity index (χ1n) is 6.18. The topological polar surface area (TPSA) is 29.9 Å². The van der Waals surface area contributed by atoms with E-state index in [0.717, 1.165) is 18.9 Å². The van der Waals surface area contributed by atoms with Gasteiger partial charge in [-0.05, 0) is 19.3 Å². The Kier molecular flexibility index (Phi) is 3.64. The molecule has 1 heterocycles. The highest BCUT2D eigenvalue weighted by Gasteiger charge is 2.14. The number of nitrogens with zero attached hydrogens (tertiary/aromatic N) is 2. The molecule has 1 saturated carbocycles. The fourth-order valence-electron chi connectivity index (χ4n) is 2.30. The van der Waals surface area contributed by atoms with Crippen molar-refractivity contribution in [3.63, 3.8) is 0 Å². The third kappa shape index (κ3) is 2.74. The minimum absolute atomic E-state index is 0.650. The van der Waals surface area contributed by atoms with Crippen molar-refractivity contribution in [3.8, 4) is 0 Å². The van der Waals surface area contributed by atoms with Gasteiger partial charge in [0.05, 0.1) is 0 Å². The Morgan fingerprint density at radius 2 is 2.20 bits per heavy atom. The summed E-state index contributed by atoms with van der Waals surface area (Å²) in [4.78, 5) is 4.38. The van der Waals surface area contributed by atoms with E-state index in [4.69, 9.17) is 0 Å². The third-order valence-corrected chi connectivity index (χ3v) is 3.12. The molecule has 0 amide bonds. The van der Waals surface area contributed by atoms with E-state index in [1.54, 1.807) is 0 Å². The van der Waals surface area contributed by atoms with E-state index in [1.165, 1.54) is 32.1 Å². The number of hydrogen-bond donors (Lipinski definition) is 1. The molecule has 2 rings (SSSR count). The number of rotatable bonds is 4. The van der Waals surface area contributed by atoms with E-state index < -0.39 is 0 Å². The summed E-state index contributed by atoms with van der Waals surface area (Å²) in [6, 6.07) is 0.650. The van der Waals surface area contributed by atoms with Gasteiger partial charge in [0.1, 0.15) is 0 Å². The van der Waals surface area contributed by atoms with Gasteiger partial charge in [0, 0.05) is 25.0 Å². The standard InChI is InChI=1S/C12H21N3/c1-2-9-15-10-8-13-12(15)14-11-6-4-3-5-7-11/h8,10-11H,2-7,9H2,1H3,(H,13,14). The summed E-state index contributed by atoms with van der Waals surface area (Å²) in [5.74, 6) is 1.06. The first-order valence-corrected chi connectivity index (χ1v) is 6.18. The second-order valence-corrected chi connectivity index (χ2v) is 4.42. The number of imidazole rings is 1. The van der Waals surface area contributed by atoms with Gasteiger partial charge in [0.25, 0.3) is 0 Å². The van der Waals surface area contributed by atoms with Gasteiger partial charge < -0.3 is 9.88 Å². The quantitative estimate of drug-likeness (QED) is 0.822. The van der Waals surface area contributed by atoms with Crippen molar-refractivity contribution in [1.82, 2.24) is 9.55 Å². The zero-order chi connectivity index (χ0) is 10.5. The van der Waals surface area contributed by atoms with Crippen LogP contribution in [0.3, 0.4) is 0 Å². The van der Waals surface area contributed by atoms with Crippen molar-refractivity contribution in [2.45, 2.75) is 58.0 Å². The lowest BCUT2D eigenvalue weighted by atomic mass is 9.96. The Morgan fingerprint density at radius 1 is 1.40 bits per heavy atom. The van der Waals surface area contributed by atoms with Crippen LogP contribution < -0.4 is 5.32 Å². The van der Waals surface area contributed by atoms with Crippen LogP contribution in [0.25, 0.3) is 0 Å². The van der Waals surface area contributed by atoms with Crippen LogP contribution in [-0.2, 0) is 6.54 Å². The van der Waals surface area contributed by atoms with E-state index in [9.17, 15) is 0 Å². The van der Waals surface area contributed by atoms with Gasteiger partial charge in [-0.25, -0.2) is 4.98 Å². The number of aromatic nitrogens is 2. The van der Waals surface area contributed by atoms with Crippen molar-refractivity contribution in [1.29, 1.82) is 0 Å². The zero-order valence-electron chi connectivity index (χ0n) is 9.58. The number of aryl methyl sites for hydroxylation is 1. The average Bonchev–Trinajstić information content (AvgIpc) is 2.68. The number of nitrogens with one attached hydrogen (secondary N) is 1. The molecule has 3 nitrogen and oxygen atoms in total. The van der Waals surface area contributed by atoms with Crippen molar-refractivity contribution >= 4 is 5.95 Å². The fraction of sp³-hybridized carbons (Fsp3) is 0.750. The molecule has 1 aromatic rings. The first kappa shape index (κ1) is 10.5. The molecule has 0 aromatic carbocycles. The SMILES string of the molecule is CCCn1ccnc1NC1CCCCC1. The minimum Gasteiger partial charge on any atom is -0.353 e. The molecule has 1 fully saturated rings. The Balaban J connectivity index is 1.93. The first-order chi connectivity index (χ1) is 7.40. The monoisotopic (exact) mass is 207 g/mol. The van der Waals surface area contributed by atoms with Gasteiger partial charge >= 0.3 is 0 Å². The maximum atomic E-state index is 4.38. The highest BCUT2D eigenvalue weighted by atomic mass is 15.2. The second-order valence-electron chi connectivity index (χ2n) is 4.42. The number of anilines is 1. The van der Waals surface area contributed by atoms with Crippen LogP contribution in [0.5, 0.6) is 0 Å². The molecule has 1 aliphatic rings. The van der Waals surface area contributed by atoms with Crippen LogP contribution in [0, 0.1) is 0 Å². The molecule has 0 saturated heterocycles. The Morgan fingerprint density at radius 3 is 2.93 bits per heavy atom. The molecule has 0 radical (unpaired) electrons. The summed E-state index contributed by atoms with van der Waals surface area (Å²) in [7, 11) is 0. The molecule has 0 bridgehead atoms. The second kappa shape index (κ2) is 5.19. The van der Waals surface area contributed by atoms with E-state index in [1.807, 2.05) is 6.20 Å². The normalized spacial score (nSPS) is 17.9. The summed E-state index contributed by atoms with van der Waals surface area (Å²) < 4.78 is 2.22. The third-order valence-electron chi connectivity index (χ3n) is 3.12. The van der Waals surface area contributed by atoms with Crippen LogP contribution in [0.2, 0.25) is 0 Å². The predicted molar refractivity (Wildman–Crippen MR) is 63.0 cm³/mol. The van der Waals surface area contributed by atoms with Crippen LogP contribution >= 0.6 is 0 Å². The van der Waals surface area contributed by atoms with Crippen molar-refractivity contribution < 1.29 is 0 Å². The van der Waals surface area contributed by atoms with E-state index in [2.05, 4.69) is 28.0 Å². The molecule has 0 atom stereocenters. The number of hydrogen-bond acceptors (Lipinski definition) is 2. The fourth-order valence-corrected chi connectivity index (χ4v) is 2.30. The summed E-state index contributed by atoms with van der Waals surface area (Å²) in [5.41, 5.74) is 0. The van der Waals surface area contributed by atoms with Crippen LogP contribution in [-0.4, -0.2) is 15.6 Å². The summed E-state index contributed by atoms with van der Waals surface area (Å²) in [6.45, 7) is 3.26. The minimum atomic E-state index is 0.650. The molecule has 0 spiro atoms. The Hall–Kier alpha value is -0.990. The maximum absolute atomic E-state index is 4.38. The zero-order valence-corrected chi connectivity index (χ0v) is 9.58. The van der Waals surface area contributed by atoms with Crippen molar-refractivity contribution in [2.75, 3.05) is 5.32 Å². The smallest absolute Gasteiger partial charge is 0.202 e. The van der Waals surface area contributed by atoms with Gasteiger partial charge in [-0.2, -0.15) is 0 Å². The summed E-state index contributed by atoms with van der Waals surface area (Å²) in [5, 5.41) is 3.57. The molecule has 0 aliphatic heterocycles. The predicted octanol–water partition coefficient (Wildman–Crippen LogP) is 3.04. The van der Waals surface area contributed by atoms with Crippen molar-refractivity contribution in [3.05, 3.63) is 12.4 Å². The lowest BCUT2D eigenvalue weighted by molar-refractivity contribution is 0.458. The molecule has 0 unspecified atom stereocenters. The Bertz CT molecular complexity index is 287. The molecule has 15 heavy (non-hydrogen) atoms. The van der Waals surface area contributed by atoms with Gasteiger partial charge in [-0.3, -0.25) is 0 Å². The van der Waals surface area contributed by atoms with E-state index in [0.29, 0.717) is 6.04 Å².